The maximum absolute atomic E-state index is 13.4. The number of aromatic nitrogens is 1. The Kier molecular flexibility index (Phi) is 5.81. The van der Waals surface area contributed by atoms with Crippen molar-refractivity contribution in [2.24, 2.45) is 11.1 Å². The van der Waals surface area contributed by atoms with E-state index in [-0.39, 0.29) is 10.7 Å². The van der Waals surface area contributed by atoms with Crippen LogP contribution in [0.5, 0.6) is 0 Å². The normalized spacial score (nSPS) is 14.5. The quantitative estimate of drug-likeness (QED) is 0.501. The Morgan fingerprint density at radius 2 is 1.65 bits per heavy atom. The third-order valence-corrected chi connectivity index (χ3v) is 7.36. The third kappa shape index (κ3) is 4.20. The lowest BCUT2D eigenvalue weighted by atomic mass is 9.80. The summed E-state index contributed by atoms with van der Waals surface area (Å²) in [7, 11) is -3.78. The summed E-state index contributed by atoms with van der Waals surface area (Å²) in [4.78, 5) is 13.4. The molecule has 1 saturated carbocycles. The van der Waals surface area contributed by atoms with Crippen molar-refractivity contribution < 1.29 is 13.2 Å². The van der Waals surface area contributed by atoms with Crippen LogP contribution in [-0.2, 0) is 10.0 Å². The van der Waals surface area contributed by atoms with Crippen molar-refractivity contribution in [3.8, 4) is 16.8 Å². The first-order chi connectivity index (χ1) is 14.7. The fraction of sp³-hybridized carbons (Fsp3) is 0.292. The molecule has 0 atom stereocenters. The first kappa shape index (κ1) is 21.8. The number of nitrogens with two attached hydrogens (primary N) is 1. The van der Waals surface area contributed by atoms with Crippen LogP contribution in [-0.4, -0.2) is 18.8 Å². The van der Waals surface area contributed by atoms with Gasteiger partial charge in [-0.05, 0) is 61.7 Å². The van der Waals surface area contributed by atoms with Gasteiger partial charge >= 0.3 is 0 Å². The minimum absolute atomic E-state index is 0.0464. The average molecular weight is 457 g/mol. The molecule has 0 saturated heterocycles. The van der Waals surface area contributed by atoms with Crippen molar-refractivity contribution in [3.05, 3.63) is 70.5 Å². The molecule has 7 heteroatoms. The number of nitrogens with zero attached hydrogens (tertiary/aromatic N) is 1. The van der Waals surface area contributed by atoms with Crippen molar-refractivity contribution in [1.82, 2.24) is 4.57 Å². The Balaban J connectivity index is 1.88. The number of carbonyl (C=O) groups is 1. The number of carbonyl (C=O) groups excluding carboxylic acids is 1. The maximum atomic E-state index is 13.4. The number of ketones is 1. The predicted octanol–water partition coefficient (Wildman–Crippen LogP) is 5.43. The van der Waals surface area contributed by atoms with Crippen molar-refractivity contribution >= 4 is 27.4 Å². The van der Waals surface area contributed by atoms with Gasteiger partial charge in [0.1, 0.15) is 0 Å². The molecule has 4 rings (SSSR count). The Hall–Kier alpha value is -2.41. The Bertz CT molecular complexity index is 1240. The predicted molar refractivity (Wildman–Crippen MR) is 123 cm³/mol. The molecular formula is C24H25ClN2O3S. The minimum atomic E-state index is -3.78. The first-order valence-corrected chi connectivity index (χ1v) is 12.2. The molecule has 5 nitrogen and oxygen atoms in total. The largest absolute Gasteiger partial charge is 0.317 e. The molecule has 1 aliphatic rings. The molecule has 1 fully saturated rings. The summed E-state index contributed by atoms with van der Waals surface area (Å²) in [6.07, 6.45) is 3.91. The van der Waals surface area contributed by atoms with Crippen LogP contribution in [0.3, 0.4) is 0 Å². The van der Waals surface area contributed by atoms with E-state index in [4.69, 9.17) is 16.7 Å². The number of halogens is 1. The smallest absolute Gasteiger partial charge is 0.238 e. The number of primary sulfonamides is 1. The Morgan fingerprint density at radius 3 is 2.16 bits per heavy atom. The summed E-state index contributed by atoms with van der Waals surface area (Å²) >= 11 is 6.07. The molecule has 31 heavy (non-hydrogen) atoms. The number of Topliss-reactive ketones (excluding diaryl/α,β-unsaturated/α-hetero) is 1. The summed E-state index contributed by atoms with van der Waals surface area (Å²) in [5.74, 6) is 0.576. The summed E-state index contributed by atoms with van der Waals surface area (Å²) in [6, 6.07) is 13.9. The van der Waals surface area contributed by atoms with Crippen molar-refractivity contribution in [3.63, 3.8) is 0 Å². The molecule has 3 aromatic rings. The van der Waals surface area contributed by atoms with E-state index in [0.717, 1.165) is 41.0 Å². The van der Waals surface area contributed by atoms with Crippen LogP contribution in [0.4, 0.5) is 0 Å². The molecule has 2 N–H and O–H groups in total. The summed E-state index contributed by atoms with van der Waals surface area (Å²) in [6.45, 7) is 3.93. The zero-order chi connectivity index (χ0) is 22.3. The van der Waals surface area contributed by atoms with E-state index in [2.05, 4.69) is 4.57 Å². The highest BCUT2D eigenvalue weighted by Crippen LogP contribution is 2.38. The summed E-state index contributed by atoms with van der Waals surface area (Å²) < 4.78 is 25.4. The van der Waals surface area contributed by atoms with Crippen LogP contribution < -0.4 is 5.14 Å². The highest BCUT2D eigenvalue weighted by Gasteiger charge is 2.28. The van der Waals surface area contributed by atoms with Gasteiger partial charge in [0.15, 0.2) is 5.78 Å². The number of hydrogen-bond donors (Lipinski definition) is 1. The van der Waals surface area contributed by atoms with Gasteiger partial charge in [-0.15, -0.1) is 0 Å². The minimum Gasteiger partial charge on any atom is -0.317 e. The van der Waals surface area contributed by atoms with Crippen LogP contribution in [0.25, 0.3) is 16.8 Å². The standard InChI is InChI=1S/C24H25ClN2O3S/c1-15-23(18-6-12-21(13-7-18)31(26,29)30)24(22(28)14-17-4-3-5-17)16(2)27(15)20-10-8-19(25)9-11-20/h6-13,17H,3-5,14H2,1-2H3,(H2,26,29,30). The second-order valence-electron chi connectivity index (χ2n) is 8.23. The molecule has 0 unspecified atom stereocenters. The van der Waals surface area contributed by atoms with Gasteiger partial charge in [-0.1, -0.05) is 43.0 Å². The van der Waals surface area contributed by atoms with Crippen LogP contribution in [0.2, 0.25) is 5.02 Å². The van der Waals surface area contributed by atoms with E-state index < -0.39 is 10.0 Å². The lowest BCUT2D eigenvalue weighted by molar-refractivity contribution is 0.0936. The molecular weight excluding hydrogens is 432 g/mol. The number of hydrogen-bond acceptors (Lipinski definition) is 3. The first-order valence-electron chi connectivity index (χ1n) is 10.3. The summed E-state index contributed by atoms with van der Waals surface area (Å²) in [5, 5.41) is 5.89. The van der Waals surface area contributed by atoms with E-state index >= 15 is 0 Å². The molecule has 162 valence electrons. The lowest BCUT2D eigenvalue weighted by Crippen LogP contribution is -2.16. The van der Waals surface area contributed by atoms with Gasteiger partial charge in [-0.3, -0.25) is 4.79 Å². The van der Waals surface area contributed by atoms with Gasteiger partial charge in [-0.2, -0.15) is 0 Å². The van der Waals surface area contributed by atoms with Gasteiger partial charge < -0.3 is 4.57 Å². The average Bonchev–Trinajstić information content (AvgIpc) is 2.95. The molecule has 0 spiro atoms. The monoisotopic (exact) mass is 456 g/mol. The molecule has 0 aliphatic heterocycles. The second kappa shape index (κ2) is 8.26. The van der Waals surface area contributed by atoms with Gasteiger partial charge in [0.2, 0.25) is 10.0 Å². The zero-order valence-corrected chi connectivity index (χ0v) is 19.1. The van der Waals surface area contributed by atoms with Crippen molar-refractivity contribution in [2.75, 3.05) is 0 Å². The topological polar surface area (TPSA) is 82.2 Å². The fourth-order valence-electron chi connectivity index (χ4n) is 4.38. The molecule has 1 aromatic heterocycles. The van der Waals surface area contributed by atoms with Gasteiger partial charge in [0.25, 0.3) is 0 Å². The second-order valence-corrected chi connectivity index (χ2v) is 10.2. The van der Waals surface area contributed by atoms with E-state index in [1.54, 1.807) is 12.1 Å². The van der Waals surface area contributed by atoms with E-state index in [9.17, 15) is 13.2 Å². The van der Waals surface area contributed by atoms with Gasteiger partial charge in [-0.25, -0.2) is 13.6 Å². The van der Waals surface area contributed by atoms with Crippen LogP contribution in [0.1, 0.15) is 47.4 Å². The highest BCUT2D eigenvalue weighted by atomic mass is 35.5. The Labute approximate surface area is 187 Å². The van der Waals surface area contributed by atoms with E-state index in [1.165, 1.54) is 18.6 Å². The van der Waals surface area contributed by atoms with Crippen LogP contribution in [0, 0.1) is 19.8 Å². The number of benzene rings is 2. The lowest BCUT2D eigenvalue weighted by Gasteiger charge is -2.24. The number of sulfonamides is 1. The Morgan fingerprint density at radius 1 is 1.03 bits per heavy atom. The highest BCUT2D eigenvalue weighted by molar-refractivity contribution is 7.89. The van der Waals surface area contributed by atoms with Crippen molar-refractivity contribution in [1.29, 1.82) is 0 Å². The van der Waals surface area contributed by atoms with Crippen LogP contribution in [0.15, 0.2) is 53.4 Å². The van der Waals surface area contributed by atoms with E-state index in [1.807, 2.05) is 38.1 Å². The summed E-state index contributed by atoms with van der Waals surface area (Å²) in [5.41, 5.74) is 5.03. The fourth-order valence-corrected chi connectivity index (χ4v) is 5.02. The SMILES string of the molecule is Cc1c(C(=O)CC2CCC2)c(-c2ccc(S(N)(=O)=O)cc2)c(C)n1-c1ccc(Cl)cc1. The van der Waals surface area contributed by atoms with Gasteiger partial charge in [0, 0.05) is 39.6 Å². The molecule has 1 aliphatic carbocycles. The molecule has 0 radical (unpaired) electrons. The van der Waals surface area contributed by atoms with Crippen molar-refractivity contribution in [2.45, 2.75) is 44.4 Å². The number of rotatable bonds is 6. The van der Waals surface area contributed by atoms with Gasteiger partial charge in [0.05, 0.1) is 4.90 Å². The van der Waals surface area contributed by atoms with Crippen LogP contribution >= 0.6 is 11.6 Å². The maximum Gasteiger partial charge on any atom is 0.238 e. The molecule has 1 heterocycles. The third-order valence-electron chi connectivity index (χ3n) is 6.18. The molecule has 2 aromatic carbocycles. The molecule has 0 bridgehead atoms. The van der Waals surface area contributed by atoms with E-state index in [0.29, 0.717) is 22.9 Å². The molecule has 0 amide bonds. The zero-order valence-electron chi connectivity index (χ0n) is 17.6.